The smallest absolute Gasteiger partial charge is 0.407 e. The molecule has 1 atom stereocenters. The van der Waals surface area contributed by atoms with Crippen molar-refractivity contribution in [2.24, 2.45) is 11.3 Å². The van der Waals surface area contributed by atoms with Gasteiger partial charge in [0.1, 0.15) is 0 Å². The highest BCUT2D eigenvalue weighted by Crippen LogP contribution is 2.54. The standard InChI is InChI=1S/C12H21NO5S/c1-9(18-19(2,16)17)10-7-12(8-10)3-5-13(6-4-12)11(14)15/h9-10H,3-8H2,1-2H3,(H,14,15). The molecule has 1 unspecified atom stereocenters. The Balaban J connectivity index is 1.82. The molecule has 1 amide bonds. The molecule has 2 rings (SSSR count). The summed E-state index contributed by atoms with van der Waals surface area (Å²) in [6.45, 7) is 2.97. The summed E-state index contributed by atoms with van der Waals surface area (Å²) < 4.78 is 27.2. The molecule has 0 aromatic heterocycles. The van der Waals surface area contributed by atoms with Crippen molar-refractivity contribution in [3.63, 3.8) is 0 Å². The van der Waals surface area contributed by atoms with Crippen LogP contribution in [-0.2, 0) is 14.3 Å². The molecule has 1 saturated heterocycles. The number of hydrogen-bond acceptors (Lipinski definition) is 4. The average Bonchev–Trinajstić information content (AvgIpc) is 2.23. The van der Waals surface area contributed by atoms with Crippen molar-refractivity contribution < 1.29 is 22.5 Å². The van der Waals surface area contributed by atoms with E-state index in [9.17, 15) is 13.2 Å². The molecule has 1 saturated carbocycles. The van der Waals surface area contributed by atoms with E-state index in [-0.39, 0.29) is 17.4 Å². The Labute approximate surface area is 113 Å². The molecule has 1 spiro atoms. The second kappa shape index (κ2) is 4.94. The van der Waals surface area contributed by atoms with E-state index in [0.717, 1.165) is 31.9 Å². The second-order valence-electron chi connectivity index (χ2n) is 5.94. The summed E-state index contributed by atoms with van der Waals surface area (Å²) >= 11 is 0. The first-order valence-electron chi connectivity index (χ1n) is 6.57. The zero-order valence-electron chi connectivity index (χ0n) is 11.3. The van der Waals surface area contributed by atoms with E-state index in [1.54, 1.807) is 6.92 Å². The number of carboxylic acid groups (broad SMARTS) is 1. The van der Waals surface area contributed by atoms with Gasteiger partial charge in [-0.25, -0.2) is 4.79 Å². The van der Waals surface area contributed by atoms with Gasteiger partial charge in [-0.1, -0.05) is 0 Å². The normalized spacial score (nSPS) is 25.1. The SMILES string of the molecule is CC(OS(C)(=O)=O)C1CC2(CCN(C(=O)O)CC2)C1. The van der Waals surface area contributed by atoms with Gasteiger partial charge in [-0.15, -0.1) is 0 Å². The molecule has 19 heavy (non-hydrogen) atoms. The van der Waals surface area contributed by atoms with Crippen LogP contribution < -0.4 is 0 Å². The van der Waals surface area contributed by atoms with E-state index in [2.05, 4.69) is 0 Å². The molecule has 1 N–H and O–H groups in total. The quantitative estimate of drug-likeness (QED) is 0.797. The highest BCUT2D eigenvalue weighted by atomic mass is 32.2. The minimum atomic E-state index is -3.39. The van der Waals surface area contributed by atoms with E-state index < -0.39 is 16.2 Å². The average molecular weight is 291 g/mol. The molecule has 0 radical (unpaired) electrons. The molecule has 0 aromatic carbocycles. The first-order chi connectivity index (χ1) is 8.71. The van der Waals surface area contributed by atoms with Crippen molar-refractivity contribution in [3.8, 4) is 0 Å². The van der Waals surface area contributed by atoms with Gasteiger partial charge in [-0.05, 0) is 43.9 Å². The van der Waals surface area contributed by atoms with E-state index in [4.69, 9.17) is 9.29 Å². The molecule has 1 aliphatic carbocycles. The van der Waals surface area contributed by atoms with Gasteiger partial charge in [-0.3, -0.25) is 4.18 Å². The van der Waals surface area contributed by atoms with Crippen LogP contribution in [0.3, 0.4) is 0 Å². The number of nitrogens with zero attached hydrogens (tertiary/aromatic N) is 1. The third-order valence-electron chi connectivity index (χ3n) is 4.48. The maximum absolute atomic E-state index is 11.1. The molecular weight excluding hydrogens is 270 g/mol. The summed E-state index contributed by atoms with van der Waals surface area (Å²) in [6.07, 6.45) is 3.58. The second-order valence-corrected chi connectivity index (χ2v) is 7.54. The van der Waals surface area contributed by atoms with Crippen molar-refractivity contribution in [1.29, 1.82) is 0 Å². The molecule has 110 valence electrons. The third kappa shape index (κ3) is 3.39. The maximum atomic E-state index is 11.1. The summed E-state index contributed by atoms with van der Waals surface area (Å²) in [4.78, 5) is 12.3. The van der Waals surface area contributed by atoms with Crippen LogP contribution in [0.2, 0.25) is 0 Å². The number of rotatable bonds is 3. The monoisotopic (exact) mass is 291 g/mol. The predicted octanol–water partition coefficient (Wildman–Crippen LogP) is 1.52. The van der Waals surface area contributed by atoms with E-state index in [1.807, 2.05) is 0 Å². The van der Waals surface area contributed by atoms with Crippen LogP contribution in [-0.4, -0.2) is 50.0 Å². The van der Waals surface area contributed by atoms with Crippen LogP contribution in [0, 0.1) is 11.3 Å². The molecule has 2 fully saturated rings. The van der Waals surface area contributed by atoms with Gasteiger partial charge in [0.2, 0.25) is 0 Å². The maximum Gasteiger partial charge on any atom is 0.407 e. The summed E-state index contributed by atoms with van der Waals surface area (Å²) in [7, 11) is -3.39. The van der Waals surface area contributed by atoms with Crippen molar-refractivity contribution in [3.05, 3.63) is 0 Å². The van der Waals surface area contributed by atoms with Crippen molar-refractivity contribution in [2.45, 2.75) is 38.7 Å². The number of hydrogen-bond donors (Lipinski definition) is 1. The Morgan fingerprint density at radius 2 is 1.89 bits per heavy atom. The lowest BCUT2D eigenvalue weighted by atomic mass is 9.56. The minimum absolute atomic E-state index is 0.214. The minimum Gasteiger partial charge on any atom is -0.465 e. The van der Waals surface area contributed by atoms with Gasteiger partial charge in [-0.2, -0.15) is 8.42 Å². The molecule has 1 aliphatic heterocycles. The van der Waals surface area contributed by atoms with Crippen molar-refractivity contribution >= 4 is 16.2 Å². The largest absolute Gasteiger partial charge is 0.465 e. The molecule has 0 aromatic rings. The molecule has 1 heterocycles. The zero-order chi connectivity index (χ0) is 14.3. The van der Waals surface area contributed by atoms with E-state index in [0.29, 0.717) is 13.1 Å². The number of likely N-dealkylation sites (tertiary alicyclic amines) is 1. The fourth-order valence-corrected chi connectivity index (χ4v) is 4.03. The molecule has 2 aliphatic rings. The van der Waals surface area contributed by atoms with Crippen LogP contribution in [0.5, 0.6) is 0 Å². The first kappa shape index (κ1) is 14.6. The predicted molar refractivity (Wildman–Crippen MR) is 69.4 cm³/mol. The Morgan fingerprint density at radius 1 is 1.37 bits per heavy atom. The fourth-order valence-electron chi connectivity index (χ4n) is 3.32. The number of carbonyl (C=O) groups is 1. The van der Waals surface area contributed by atoms with Gasteiger partial charge >= 0.3 is 6.09 Å². The number of piperidine rings is 1. The first-order valence-corrected chi connectivity index (χ1v) is 8.39. The van der Waals surface area contributed by atoms with Crippen molar-refractivity contribution in [2.75, 3.05) is 19.3 Å². The van der Waals surface area contributed by atoms with Crippen LogP contribution in [0.4, 0.5) is 4.79 Å². The summed E-state index contributed by atoms with van der Waals surface area (Å²) in [5.74, 6) is 0.270. The van der Waals surface area contributed by atoms with Gasteiger partial charge in [0.05, 0.1) is 12.4 Å². The lowest BCUT2D eigenvalue weighted by Crippen LogP contribution is -2.50. The highest BCUT2D eigenvalue weighted by Gasteiger charge is 2.48. The molecule has 6 nitrogen and oxygen atoms in total. The van der Waals surface area contributed by atoms with E-state index in [1.165, 1.54) is 4.90 Å². The van der Waals surface area contributed by atoms with E-state index >= 15 is 0 Å². The van der Waals surface area contributed by atoms with Gasteiger partial charge in [0, 0.05) is 13.1 Å². The van der Waals surface area contributed by atoms with Crippen LogP contribution in [0.15, 0.2) is 0 Å². The topological polar surface area (TPSA) is 83.9 Å². The third-order valence-corrected chi connectivity index (χ3v) is 5.13. The number of amides is 1. The van der Waals surface area contributed by atoms with Crippen LogP contribution in [0.25, 0.3) is 0 Å². The highest BCUT2D eigenvalue weighted by molar-refractivity contribution is 7.86. The lowest BCUT2D eigenvalue weighted by molar-refractivity contribution is -0.0489. The molecule has 7 heteroatoms. The molecular formula is C12H21NO5S. The van der Waals surface area contributed by atoms with Crippen LogP contribution in [0.1, 0.15) is 32.6 Å². The fraction of sp³-hybridized carbons (Fsp3) is 0.917. The van der Waals surface area contributed by atoms with Gasteiger partial charge < -0.3 is 10.0 Å². The van der Waals surface area contributed by atoms with Gasteiger partial charge in [0.15, 0.2) is 0 Å². The Kier molecular flexibility index (Phi) is 3.79. The van der Waals surface area contributed by atoms with Crippen LogP contribution >= 0.6 is 0 Å². The summed E-state index contributed by atoms with van der Waals surface area (Å²) in [5, 5.41) is 8.91. The summed E-state index contributed by atoms with van der Waals surface area (Å²) in [5.41, 5.74) is 0.214. The Morgan fingerprint density at radius 3 is 2.32 bits per heavy atom. The Hall–Kier alpha value is -0.820. The summed E-state index contributed by atoms with van der Waals surface area (Å²) in [6, 6.07) is 0. The van der Waals surface area contributed by atoms with Crippen molar-refractivity contribution in [1.82, 2.24) is 4.90 Å². The van der Waals surface area contributed by atoms with Gasteiger partial charge in [0.25, 0.3) is 10.1 Å². The lowest BCUT2D eigenvalue weighted by Gasteiger charge is -2.53. The molecule has 0 bridgehead atoms. The zero-order valence-corrected chi connectivity index (χ0v) is 12.1. The Bertz CT molecular complexity index is 445.